The van der Waals surface area contributed by atoms with Gasteiger partial charge in [-0.25, -0.2) is 0 Å². The maximum Gasteiger partial charge on any atom is 0.174 e. The molecule has 0 spiro atoms. The molecule has 0 radical (unpaired) electrons. The van der Waals surface area contributed by atoms with Crippen molar-refractivity contribution in [1.29, 1.82) is 0 Å². The number of hydrogen-bond acceptors (Lipinski definition) is 0. The monoisotopic (exact) mass is 743 g/mol. The molecule has 0 saturated heterocycles. The van der Waals surface area contributed by atoms with E-state index in [0.717, 1.165) is 6.42 Å². The summed E-state index contributed by atoms with van der Waals surface area (Å²) in [5.74, 6) is 0. The van der Waals surface area contributed by atoms with Crippen LogP contribution in [0.15, 0.2) is 206 Å². The maximum absolute atomic E-state index is 2.49. The predicted molar refractivity (Wildman–Crippen MR) is 246 cm³/mol. The highest BCUT2D eigenvalue weighted by Gasteiger charge is 2.40. The van der Waals surface area contributed by atoms with Gasteiger partial charge in [0.2, 0.25) is 0 Å². The van der Waals surface area contributed by atoms with Crippen LogP contribution in [0.4, 0.5) is 0 Å². The van der Waals surface area contributed by atoms with Crippen LogP contribution in [0.2, 0.25) is 0 Å². The van der Waals surface area contributed by atoms with Crippen molar-refractivity contribution < 1.29 is 0 Å². The normalized spacial score (nSPS) is 14.3. The van der Waals surface area contributed by atoms with Crippen LogP contribution in [0.5, 0.6) is 0 Å². The Morgan fingerprint density at radius 1 is 0.404 bits per heavy atom. The fourth-order valence-corrected chi connectivity index (χ4v) is 12.1. The second-order valence-corrected chi connectivity index (χ2v) is 17.3. The Bertz CT molecular complexity index is 3340. The van der Waals surface area contributed by atoms with Crippen LogP contribution in [0, 0.1) is 0 Å². The first-order chi connectivity index (χ1) is 28.3. The van der Waals surface area contributed by atoms with Crippen molar-refractivity contribution in [2.75, 3.05) is 0 Å². The topological polar surface area (TPSA) is 9.86 Å². The van der Waals surface area contributed by atoms with Crippen molar-refractivity contribution in [1.82, 2.24) is 9.13 Å². The number of allylic oxidation sites excluding steroid dienone is 4. The lowest BCUT2D eigenvalue weighted by molar-refractivity contribution is 1.18. The van der Waals surface area contributed by atoms with Crippen molar-refractivity contribution in [3.05, 3.63) is 212 Å². The molecule has 0 bridgehead atoms. The molecule has 0 N–H and O–H groups in total. The molecule has 1 unspecified atom stereocenters. The molecule has 266 valence electrons. The molecular formula is C54H36N2P+. The third kappa shape index (κ3) is 5.01. The van der Waals surface area contributed by atoms with Crippen molar-refractivity contribution in [3.63, 3.8) is 0 Å². The Hall–Kier alpha value is -6.99. The molecule has 3 heterocycles. The van der Waals surface area contributed by atoms with Gasteiger partial charge in [-0.2, -0.15) is 0 Å². The summed E-state index contributed by atoms with van der Waals surface area (Å²) in [7, 11) is -0.673. The molecule has 1 aliphatic carbocycles. The molecule has 8 aromatic carbocycles. The van der Waals surface area contributed by atoms with Gasteiger partial charge in [0.25, 0.3) is 0 Å². The van der Waals surface area contributed by atoms with E-state index >= 15 is 0 Å². The Labute approximate surface area is 332 Å². The van der Waals surface area contributed by atoms with Crippen LogP contribution in [-0.4, -0.2) is 14.4 Å². The van der Waals surface area contributed by atoms with Gasteiger partial charge >= 0.3 is 0 Å². The summed E-state index contributed by atoms with van der Waals surface area (Å²) in [6.07, 6.45) is 5.87. The van der Waals surface area contributed by atoms with E-state index in [0.29, 0.717) is 0 Å². The summed E-state index contributed by atoms with van der Waals surface area (Å²) in [6, 6.07) is 71.6. The van der Waals surface area contributed by atoms with Crippen LogP contribution in [0.3, 0.4) is 0 Å². The molecular weight excluding hydrogens is 708 g/mol. The second-order valence-electron chi connectivity index (χ2n) is 15.1. The van der Waals surface area contributed by atoms with Gasteiger partial charge in [-0.05, 0) is 95.1 Å². The first kappa shape index (κ1) is 32.3. The summed E-state index contributed by atoms with van der Waals surface area (Å²) in [5.41, 5.74) is 15.0. The lowest BCUT2D eigenvalue weighted by Crippen LogP contribution is -2.09. The third-order valence-corrected chi connectivity index (χ3v) is 14.6. The lowest BCUT2D eigenvalue weighted by Gasteiger charge is -2.15. The molecule has 0 fully saturated rings. The van der Waals surface area contributed by atoms with Crippen molar-refractivity contribution in [2.24, 2.45) is 0 Å². The van der Waals surface area contributed by atoms with Gasteiger partial charge in [-0.3, -0.25) is 0 Å². The first-order valence-electron chi connectivity index (χ1n) is 19.7. The van der Waals surface area contributed by atoms with Crippen LogP contribution in [0.25, 0.3) is 82.8 Å². The summed E-state index contributed by atoms with van der Waals surface area (Å²) in [5, 5.41) is 9.49. The van der Waals surface area contributed by atoms with Crippen LogP contribution in [0.1, 0.15) is 12.0 Å². The van der Waals surface area contributed by atoms with Gasteiger partial charge in [0, 0.05) is 50.5 Å². The van der Waals surface area contributed by atoms with Crippen LogP contribution in [-0.2, 0) is 0 Å². The molecule has 0 saturated carbocycles. The maximum atomic E-state index is 2.49. The van der Waals surface area contributed by atoms with Gasteiger partial charge < -0.3 is 9.13 Å². The molecule has 2 aromatic heterocycles. The quantitative estimate of drug-likeness (QED) is 0.155. The van der Waals surface area contributed by atoms with Crippen LogP contribution >= 0.6 is 7.55 Å². The number of aromatic nitrogens is 2. The molecule has 0 amide bonds. The largest absolute Gasteiger partial charge is 0.310 e. The van der Waals surface area contributed by atoms with E-state index in [-0.39, 0.29) is 0 Å². The summed E-state index contributed by atoms with van der Waals surface area (Å²) in [4.78, 5) is 0. The number of para-hydroxylation sites is 2. The zero-order chi connectivity index (χ0) is 37.5. The van der Waals surface area contributed by atoms with E-state index < -0.39 is 7.55 Å². The number of hydrogen-bond donors (Lipinski definition) is 0. The number of benzene rings is 8. The smallest absolute Gasteiger partial charge is 0.174 e. The second kappa shape index (κ2) is 12.8. The molecule has 3 heteroatoms. The Morgan fingerprint density at radius 3 is 1.56 bits per heavy atom. The Kier molecular flexibility index (Phi) is 7.24. The SMILES string of the molecule is C1=C2C(=[P+](c3ccccc3)c3ccc(-n4c5ccccc5c5cc(-c6ccccc6)ccc54)cc32)CC=C1n1c2ccccc2c2cc(-c3ccccc3)ccc21. The Morgan fingerprint density at radius 2 is 0.930 bits per heavy atom. The highest BCUT2D eigenvalue weighted by Crippen LogP contribution is 2.46. The standard InChI is InChI=1S/C54H36N2P/c1-4-14-36(15-5-1)38-24-28-51-45(32-38)43-20-10-12-22-49(43)55(51)40-26-30-53-47(34-40)48-35-41(27-31-54(48)57(53)42-18-8-3-9-19-42)56-50-23-13-11-21-44(50)46-33-39(25-29-52(46)56)37-16-6-2-7-17-37/h1-30,32-35H,31H2/q+1. The predicted octanol–water partition coefficient (Wildman–Crippen LogP) is 13.2. The van der Waals surface area contributed by atoms with E-state index in [1.165, 1.54) is 104 Å². The average molecular weight is 744 g/mol. The fourth-order valence-electron chi connectivity index (χ4n) is 9.42. The van der Waals surface area contributed by atoms with E-state index in [1.54, 1.807) is 0 Å². The van der Waals surface area contributed by atoms with Gasteiger partial charge in [0.15, 0.2) is 18.2 Å². The fraction of sp³-hybridized carbons (Fsp3) is 0.0185. The summed E-state index contributed by atoms with van der Waals surface area (Å²) >= 11 is 0. The lowest BCUT2D eigenvalue weighted by atomic mass is 9.95. The van der Waals surface area contributed by atoms with E-state index in [1.807, 2.05) is 0 Å². The first-order valence-corrected chi connectivity index (χ1v) is 21.1. The highest BCUT2D eigenvalue weighted by atomic mass is 31.1. The van der Waals surface area contributed by atoms with Crippen molar-refractivity contribution >= 4 is 78.3 Å². The highest BCUT2D eigenvalue weighted by molar-refractivity contribution is 7.75. The minimum absolute atomic E-state index is 0.673. The minimum atomic E-state index is -0.673. The molecule has 1 atom stereocenters. The van der Waals surface area contributed by atoms with Crippen molar-refractivity contribution in [3.8, 4) is 27.9 Å². The minimum Gasteiger partial charge on any atom is -0.310 e. The van der Waals surface area contributed by atoms with Gasteiger partial charge in [-0.15, -0.1) is 0 Å². The third-order valence-electron chi connectivity index (χ3n) is 12.0. The summed E-state index contributed by atoms with van der Waals surface area (Å²) < 4.78 is 4.97. The van der Waals surface area contributed by atoms with Gasteiger partial charge in [-0.1, -0.05) is 133 Å². The molecule has 2 nitrogen and oxygen atoms in total. The molecule has 1 aliphatic heterocycles. The number of nitrogens with zero attached hydrogens (tertiary/aromatic N) is 2. The zero-order valence-electron chi connectivity index (χ0n) is 31.2. The molecule has 2 aliphatic rings. The number of fused-ring (bicyclic) bond motifs is 9. The summed E-state index contributed by atoms with van der Waals surface area (Å²) in [6.45, 7) is 0. The zero-order valence-corrected chi connectivity index (χ0v) is 32.1. The van der Waals surface area contributed by atoms with Crippen LogP contribution < -0.4 is 10.6 Å². The van der Waals surface area contributed by atoms with Gasteiger partial charge in [0.05, 0.1) is 22.1 Å². The van der Waals surface area contributed by atoms with Crippen molar-refractivity contribution in [2.45, 2.75) is 6.42 Å². The molecule has 10 aromatic rings. The van der Waals surface area contributed by atoms with Gasteiger partial charge in [0.1, 0.15) is 5.29 Å². The van der Waals surface area contributed by atoms with E-state index in [4.69, 9.17) is 0 Å². The average Bonchev–Trinajstić information content (AvgIpc) is 3.92. The molecule has 12 rings (SSSR count). The number of rotatable bonds is 5. The molecule has 57 heavy (non-hydrogen) atoms. The Balaban J connectivity index is 1.05. The van der Waals surface area contributed by atoms with E-state index in [9.17, 15) is 0 Å². The van der Waals surface area contributed by atoms with E-state index in [2.05, 4.69) is 215 Å².